The molecule has 0 amide bonds. The summed E-state index contributed by atoms with van der Waals surface area (Å²) in [6.07, 6.45) is 1.79. The molecule has 5 nitrogen and oxygen atoms in total. The fourth-order valence-corrected chi connectivity index (χ4v) is 1.83. The fourth-order valence-electron chi connectivity index (χ4n) is 1.83. The SMILES string of the molecule is CCOC(=O)c1c(C=O)ccnc1Oc1ccc(C)cc1F. The second kappa shape index (κ2) is 6.80. The van der Waals surface area contributed by atoms with Gasteiger partial charge < -0.3 is 9.47 Å². The van der Waals surface area contributed by atoms with Gasteiger partial charge in [0, 0.05) is 11.8 Å². The largest absolute Gasteiger partial charge is 0.462 e. The van der Waals surface area contributed by atoms with Crippen LogP contribution in [0.5, 0.6) is 11.6 Å². The molecule has 0 bridgehead atoms. The average Bonchev–Trinajstić information content (AvgIpc) is 2.50. The number of benzene rings is 1. The van der Waals surface area contributed by atoms with Crippen LogP contribution in [0.4, 0.5) is 4.39 Å². The lowest BCUT2D eigenvalue weighted by Gasteiger charge is -2.11. The minimum Gasteiger partial charge on any atom is -0.462 e. The molecule has 0 aliphatic rings. The van der Waals surface area contributed by atoms with Crippen LogP contribution in [0.25, 0.3) is 0 Å². The standard InChI is InChI=1S/C16H14FNO4/c1-3-21-16(20)14-11(9-19)6-7-18-15(14)22-13-5-4-10(2)8-12(13)17/h4-9H,3H2,1-2H3. The number of hydrogen-bond donors (Lipinski definition) is 0. The fraction of sp³-hybridized carbons (Fsp3) is 0.188. The summed E-state index contributed by atoms with van der Waals surface area (Å²) < 4.78 is 24.1. The average molecular weight is 303 g/mol. The molecule has 0 spiro atoms. The number of nitrogens with zero attached hydrogens (tertiary/aromatic N) is 1. The van der Waals surface area contributed by atoms with Gasteiger partial charge in [0.1, 0.15) is 5.56 Å². The maximum Gasteiger partial charge on any atom is 0.344 e. The Balaban J connectivity index is 2.46. The van der Waals surface area contributed by atoms with E-state index < -0.39 is 11.8 Å². The Morgan fingerprint density at radius 3 is 2.77 bits per heavy atom. The molecule has 1 aromatic heterocycles. The Bertz CT molecular complexity index is 715. The van der Waals surface area contributed by atoms with E-state index in [0.717, 1.165) is 5.56 Å². The molecule has 22 heavy (non-hydrogen) atoms. The summed E-state index contributed by atoms with van der Waals surface area (Å²) >= 11 is 0. The second-order valence-electron chi connectivity index (χ2n) is 4.45. The van der Waals surface area contributed by atoms with Gasteiger partial charge in [0.25, 0.3) is 0 Å². The summed E-state index contributed by atoms with van der Waals surface area (Å²) in [4.78, 5) is 27.0. The van der Waals surface area contributed by atoms with Gasteiger partial charge in [-0.1, -0.05) is 6.07 Å². The van der Waals surface area contributed by atoms with Crippen LogP contribution in [0.1, 0.15) is 33.2 Å². The van der Waals surface area contributed by atoms with Crippen molar-refractivity contribution in [3.8, 4) is 11.6 Å². The third-order valence-corrected chi connectivity index (χ3v) is 2.85. The van der Waals surface area contributed by atoms with Crippen molar-refractivity contribution in [1.82, 2.24) is 4.98 Å². The molecule has 0 radical (unpaired) electrons. The van der Waals surface area contributed by atoms with Gasteiger partial charge in [-0.3, -0.25) is 4.79 Å². The number of carbonyl (C=O) groups excluding carboxylic acids is 2. The van der Waals surface area contributed by atoms with Crippen molar-refractivity contribution in [2.24, 2.45) is 0 Å². The van der Waals surface area contributed by atoms with E-state index in [4.69, 9.17) is 9.47 Å². The Morgan fingerprint density at radius 1 is 1.36 bits per heavy atom. The molecule has 2 aromatic rings. The van der Waals surface area contributed by atoms with Gasteiger partial charge in [-0.2, -0.15) is 0 Å². The summed E-state index contributed by atoms with van der Waals surface area (Å²) in [6, 6.07) is 5.74. The number of hydrogen-bond acceptors (Lipinski definition) is 5. The van der Waals surface area contributed by atoms with Crippen molar-refractivity contribution in [3.63, 3.8) is 0 Å². The van der Waals surface area contributed by atoms with Gasteiger partial charge in [-0.15, -0.1) is 0 Å². The molecule has 0 saturated carbocycles. The highest BCUT2D eigenvalue weighted by Gasteiger charge is 2.21. The van der Waals surface area contributed by atoms with Crippen molar-refractivity contribution in [3.05, 3.63) is 53.0 Å². The Labute approximate surface area is 126 Å². The van der Waals surface area contributed by atoms with E-state index in [1.807, 2.05) is 0 Å². The van der Waals surface area contributed by atoms with Crippen LogP contribution in [0.2, 0.25) is 0 Å². The first-order valence-corrected chi connectivity index (χ1v) is 6.62. The maximum absolute atomic E-state index is 13.9. The highest BCUT2D eigenvalue weighted by molar-refractivity contribution is 6.00. The molecule has 1 aromatic carbocycles. The van der Waals surface area contributed by atoms with Crippen LogP contribution in [0.15, 0.2) is 30.5 Å². The van der Waals surface area contributed by atoms with E-state index in [9.17, 15) is 14.0 Å². The zero-order valence-corrected chi connectivity index (χ0v) is 12.1. The molecule has 0 atom stereocenters. The summed E-state index contributed by atoms with van der Waals surface area (Å²) in [7, 11) is 0. The van der Waals surface area contributed by atoms with Crippen LogP contribution < -0.4 is 4.74 Å². The predicted molar refractivity (Wildman–Crippen MR) is 76.8 cm³/mol. The van der Waals surface area contributed by atoms with Gasteiger partial charge in [-0.25, -0.2) is 14.2 Å². The van der Waals surface area contributed by atoms with Crippen LogP contribution in [-0.2, 0) is 4.74 Å². The normalized spacial score (nSPS) is 10.1. The molecule has 6 heteroatoms. The second-order valence-corrected chi connectivity index (χ2v) is 4.45. The summed E-state index contributed by atoms with van der Waals surface area (Å²) in [6.45, 7) is 3.50. The zero-order chi connectivity index (χ0) is 16.1. The smallest absolute Gasteiger partial charge is 0.344 e. The van der Waals surface area contributed by atoms with Crippen LogP contribution in [0.3, 0.4) is 0 Å². The van der Waals surface area contributed by atoms with Gasteiger partial charge in [-0.05, 0) is 37.6 Å². The number of halogens is 1. The molecule has 0 aliphatic carbocycles. The number of aryl methyl sites for hydroxylation is 1. The molecule has 0 saturated heterocycles. The van der Waals surface area contributed by atoms with E-state index in [-0.39, 0.29) is 29.4 Å². The van der Waals surface area contributed by atoms with E-state index in [0.29, 0.717) is 6.29 Å². The number of carbonyl (C=O) groups is 2. The van der Waals surface area contributed by atoms with Crippen molar-refractivity contribution < 1.29 is 23.5 Å². The third-order valence-electron chi connectivity index (χ3n) is 2.85. The van der Waals surface area contributed by atoms with Gasteiger partial charge in [0.05, 0.1) is 6.61 Å². The zero-order valence-electron chi connectivity index (χ0n) is 12.1. The first-order valence-electron chi connectivity index (χ1n) is 6.62. The molecule has 0 fully saturated rings. The summed E-state index contributed by atoms with van der Waals surface area (Å²) in [5.41, 5.74) is 0.667. The van der Waals surface area contributed by atoms with Crippen LogP contribution in [-0.4, -0.2) is 23.8 Å². The van der Waals surface area contributed by atoms with Crippen molar-refractivity contribution in [2.75, 3.05) is 6.61 Å². The summed E-state index contributed by atoms with van der Waals surface area (Å²) in [5.74, 6) is -1.61. The molecular formula is C16H14FNO4. The highest BCUT2D eigenvalue weighted by Crippen LogP contribution is 2.28. The minimum absolute atomic E-state index is 0.0657. The maximum atomic E-state index is 13.9. The molecular weight excluding hydrogens is 289 g/mol. The molecule has 0 unspecified atom stereocenters. The van der Waals surface area contributed by atoms with E-state index in [1.165, 1.54) is 24.4 Å². The van der Waals surface area contributed by atoms with Crippen molar-refractivity contribution in [2.45, 2.75) is 13.8 Å². The monoisotopic (exact) mass is 303 g/mol. The lowest BCUT2D eigenvalue weighted by atomic mass is 10.1. The van der Waals surface area contributed by atoms with Gasteiger partial charge >= 0.3 is 5.97 Å². The highest BCUT2D eigenvalue weighted by atomic mass is 19.1. The van der Waals surface area contributed by atoms with E-state index >= 15 is 0 Å². The molecule has 0 N–H and O–H groups in total. The first kappa shape index (κ1) is 15.6. The topological polar surface area (TPSA) is 65.5 Å². The number of ether oxygens (including phenoxy) is 2. The molecule has 2 rings (SSSR count). The van der Waals surface area contributed by atoms with Gasteiger partial charge in [0.2, 0.25) is 5.88 Å². The predicted octanol–water partition coefficient (Wildman–Crippen LogP) is 3.31. The lowest BCUT2D eigenvalue weighted by molar-refractivity contribution is 0.0520. The van der Waals surface area contributed by atoms with E-state index in [1.54, 1.807) is 19.9 Å². The Morgan fingerprint density at radius 2 is 2.14 bits per heavy atom. The lowest BCUT2D eigenvalue weighted by Crippen LogP contribution is -2.11. The number of aldehydes is 1. The third kappa shape index (κ3) is 3.28. The number of pyridine rings is 1. The van der Waals surface area contributed by atoms with Crippen LogP contribution in [0, 0.1) is 12.7 Å². The Kier molecular flexibility index (Phi) is 4.83. The molecule has 1 heterocycles. The number of aromatic nitrogens is 1. The quantitative estimate of drug-likeness (QED) is 0.626. The molecule has 0 aliphatic heterocycles. The first-order chi connectivity index (χ1) is 10.6. The number of esters is 1. The van der Waals surface area contributed by atoms with E-state index in [2.05, 4.69) is 4.98 Å². The minimum atomic E-state index is -0.750. The summed E-state index contributed by atoms with van der Waals surface area (Å²) in [5, 5.41) is 0. The van der Waals surface area contributed by atoms with Crippen molar-refractivity contribution in [1.29, 1.82) is 0 Å². The van der Waals surface area contributed by atoms with Gasteiger partial charge in [0.15, 0.2) is 17.9 Å². The Hall–Kier alpha value is -2.76. The molecule has 114 valence electrons. The van der Waals surface area contributed by atoms with Crippen LogP contribution >= 0.6 is 0 Å². The van der Waals surface area contributed by atoms with Crippen molar-refractivity contribution >= 4 is 12.3 Å². The number of rotatable bonds is 5.